The van der Waals surface area contributed by atoms with Gasteiger partial charge in [-0.3, -0.25) is 9.59 Å². The number of benzene rings is 2. The number of rotatable bonds is 9. The van der Waals surface area contributed by atoms with Crippen LogP contribution in [0.2, 0.25) is 5.02 Å². The van der Waals surface area contributed by atoms with Crippen LogP contribution in [0.4, 0.5) is 0 Å². The molecule has 0 saturated carbocycles. The van der Waals surface area contributed by atoms with Crippen molar-refractivity contribution in [1.82, 2.24) is 9.80 Å². The smallest absolute Gasteiger partial charge is 0.258 e. The van der Waals surface area contributed by atoms with E-state index in [9.17, 15) is 9.59 Å². The molecule has 4 aromatic rings. The van der Waals surface area contributed by atoms with Crippen molar-refractivity contribution in [2.45, 2.75) is 25.9 Å². The molecule has 2 aromatic heterocycles. The molecule has 0 N–H and O–H groups in total. The standard InChI is InChI=1S/C30H29ClN2O5S/c1-20-16-21(9-10-25(20)31)38-19-26-23-12-15-39-28(23)11-13-33(26)29(34)18-32(17-22-6-5-14-37-22)30(35)24-7-3-4-8-27(24)36-2/h3-10,12,14-16,26H,11,13,17-19H2,1-2H3. The summed E-state index contributed by atoms with van der Waals surface area (Å²) in [4.78, 5) is 32.1. The van der Waals surface area contributed by atoms with Gasteiger partial charge in [0.05, 0.1) is 31.5 Å². The minimum Gasteiger partial charge on any atom is -0.496 e. The molecule has 0 bridgehead atoms. The fourth-order valence-electron chi connectivity index (χ4n) is 4.79. The van der Waals surface area contributed by atoms with Gasteiger partial charge < -0.3 is 23.7 Å². The molecular weight excluding hydrogens is 536 g/mol. The Hall–Kier alpha value is -3.75. The second-order valence-corrected chi connectivity index (χ2v) is 10.7. The van der Waals surface area contributed by atoms with E-state index in [1.54, 1.807) is 54.0 Å². The maximum absolute atomic E-state index is 13.9. The molecule has 9 heteroatoms. The zero-order chi connectivity index (χ0) is 27.4. The minimum atomic E-state index is -0.310. The molecule has 0 radical (unpaired) electrons. The number of aryl methyl sites for hydroxylation is 1. The van der Waals surface area contributed by atoms with Crippen molar-refractivity contribution in [1.29, 1.82) is 0 Å². The number of furan rings is 1. The Morgan fingerprint density at radius 2 is 2.00 bits per heavy atom. The van der Waals surface area contributed by atoms with Crippen LogP contribution in [0.5, 0.6) is 11.5 Å². The number of nitrogens with zero attached hydrogens (tertiary/aromatic N) is 2. The van der Waals surface area contributed by atoms with Gasteiger partial charge >= 0.3 is 0 Å². The van der Waals surface area contributed by atoms with E-state index in [-0.39, 0.29) is 37.6 Å². The number of carbonyl (C=O) groups is 2. The molecule has 0 spiro atoms. The maximum Gasteiger partial charge on any atom is 0.258 e. The van der Waals surface area contributed by atoms with Crippen LogP contribution in [0, 0.1) is 6.92 Å². The number of carbonyl (C=O) groups excluding carboxylic acids is 2. The third kappa shape index (κ3) is 5.97. The first-order chi connectivity index (χ1) is 18.9. The molecule has 7 nitrogen and oxygen atoms in total. The van der Waals surface area contributed by atoms with Crippen LogP contribution in [-0.4, -0.2) is 48.4 Å². The van der Waals surface area contributed by atoms with Gasteiger partial charge in [-0.1, -0.05) is 23.7 Å². The summed E-state index contributed by atoms with van der Waals surface area (Å²) in [5, 5.41) is 2.72. The zero-order valence-electron chi connectivity index (χ0n) is 21.8. The fraction of sp³-hybridized carbons (Fsp3) is 0.267. The van der Waals surface area contributed by atoms with Gasteiger partial charge in [-0.15, -0.1) is 11.3 Å². The third-order valence-electron chi connectivity index (χ3n) is 6.83. The van der Waals surface area contributed by atoms with Crippen molar-refractivity contribution in [3.8, 4) is 11.5 Å². The van der Waals surface area contributed by atoms with E-state index >= 15 is 0 Å². The number of ether oxygens (including phenoxy) is 2. The Labute approximate surface area is 236 Å². The number of halogens is 1. The van der Waals surface area contributed by atoms with E-state index < -0.39 is 0 Å². The summed E-state index contributed by atoms with van der Waals surface area (Å²) in [5.74, 6) is 1.25. The van der Waals surface area contributed by atoms with Crippen LogP contribution in [0.15, 0.2) is 76.7 Å². The molecule has 1 aliphatic heterocycles. The van der Waals surface area contributed by atoms with Crippen molar-refractivity contribution < 1.29 is 23.5 Å². The van der Waals surface area contributed by atoms with E-state index in [1.807, 2.05) is 35.4 Å². The van der Waals surface area contributed by atoms with E-state index in [0.29, 0.717) is 34.4 Å². The number of fused-ring (bicyclic) bond motifs is 1. The van der Waals surface area contributed by atoms with Crippen LogP contribution in [0.1, 0.15) is 38.2 Å². The fourth-order valence-corrected chi connectivity index (χ4v) is 5.84. The van der Waals surface area contributed by atoms with Gasteiger partial charge in [0, 0.05) is 16.4 Å². The highest BCUT2D eigenvalue weighted by atomic mass is 35.5. The molecule has 1 aliphatic rings. The lowest BCUT2D eigenvalue weighted by molar-refractivity contribution is -0.135. The molecule has 39 heavy (non-hydrogen) atoms. The van der Waals surface area contributed by atoms with Gasteiger partial charge in [-0.25, -0.2) is 0 Å². The first kappa shape index (κ1) is 26.8. The summed E-state index contributed by atoms with van der Waals surface area (Å²) in [6, 6.07) is 17.9. The number of para-hydroxylation sites is 1. The molecule has 0 aliphatic carbocycles. The van der Waals surface area contributed by atoms with Gasteiger partial charge in [0.2, 0.25) is 5.91 Å². The molecule has 0 fully saturated rings. The van der Waals surface area contributed by atoms with Crippen molar-refractivity contribution in [3.05, 3.63) is 105 Å². The highest BCUT2D eigenvalue weighted by Crippen LogP contribution is 2.34. The minimum absolute atomic E-state index is 0.117. The van der Waals surface area contributed by atoms with Crippen molar-refractivity contribution in [3.63, 3.8) is 0 Å². The lowest BCUT2D eigenvalue weighted by Gasteiger charge is -2.37. The SMILES string of the molecule is COc1ccccc1C(=O)N(CC(=O)N1CCc2sccc2C1COc1ccc(Cl)c(C)c1)Cc1ccco1. The summed E-state index contributed by atoms with van der Waals surface area (Å²) in [6.07, 6.45) is 2.31. The first-order valence-corrected chi connectivity index (χ1v) is 13.9. The van der Waals surface area contributed by atoms with E-state index in [2.05, 4.69) is 6.07 Å². The van der Waals surface area contributed by atoms with Crippen LogP contribution < -0.4 is 9.47 Å². The van der Waals surface area contributed by atoms with Crippen molar-refractivity contribution in [2.75, 3.05) is 26.8 Å². The molecular formula is C30H29ClN2O5S. The predicted octanol–water partition coefficient (Wildman–Crippen LogP) is 6.16. The lowest BCUT2D eigenvalue weighted by Crippen LogP contribution is -2.47. The van der Waals surface area contributed by atoms with Crippen LogP contribution in [-0.2, 0) is 17.8 Å². The maximum atomic E-state index is 13.9. The Balaban J connectivity index is 1.39. The number of amides is 2. The Kier molecular flexibility index (Phi) is 8.24. The number of hydrogen-bond donors (Lipinski definition) is 0. The predicted molar refractivity (Wildman–Crippen MR) is 151 cm³/mol. The van der Waals surface area contributed by atoms with Gasteiger partial charge in [0.25, 0.3) is 5.91 Å². The Morgan fingerprint density at radius 1 is 1.15 bits per heavy atom. The normalized spacial score (nSPS) is 14.5. The lowest BCUT2D eigenvalue weighted by atomic mass is 10.00. The highest BCUT2D eigenvalue weighted by Gasteiger charge is 2.34. The molecule has 0 saturated heterocycles. The van der Waals surface area contributed by atoms with Gasteiger partial charge in [0.15, 0.2) is 0 Å². The molecule has 2 amide bonds. The molecule has 2 aromatic carbocycles. The third-order valence-corrected chi connectivity index (χ3v) is 8.25. The second kappa shape index (κ2) is 12.0. The molecule has 5 rings (SSSR count). The molecule has 1 atom stereocenters. The van der Waals surface area contributed by atoms with Crippen LogP contribution >= 0.6 is 22.9 Å². The van der Waals surface area contributed by atoms with Crippen molar-refractivity contribution in [2.24, 2.45) is 0 Å². The summed E-state index contributed by atoms with van der Waals surface area (Å²) in [6.45, 7) is 2.79. The topological polar surface area (TPSA) is 72.2 Å². The second-order valence-electron chi connectivity index (χ2n) is 9.31. The Morgan fingerprint density at radius 3 is 2.77 bits per heavy atom. The highest BCUT2D eigenvalue weighted by molar-refractivity contribution is 7.10. The molecule has 3 heterocycles. The Bertz CT molecular complexity index is 1450. The summed E-state index contributed by atoms with van der Waals surface area (Å²) in [5.41, 5.74) is 2.39. The summed E-state index contributed by atoms with van der Waals surface area (Å²) >= 11 is 7.87. The van der Waals surface area contributed by atoms with E-state index in [1.165, 1.54) is 16.9 Å². The van der Waals surface area contributed by atoms with Gasteiger partial charge in [0.1, 0.15) is 30.4 Å². The van der Waals surface area contributed by atoms with Crippen molar-refractivity contribution >= 4 is 34.8 Å². The van der Waals surface area contributed by atoms with E-state index in [4.69, 9.17) is 25.5 Å². The first-order valence-electron chi connectivity index (χ1n) is 12.6. The summed E-state index contributed by atoms with van der Waals surface area (Å²) < 4.78 is 17.1. The average Bonchev–Trinajstić information content (AvgIpc) is 3.65. The quantitative estimate of drug-likeness (QED) is 0.243. The molecule has 1 unspecified atom stereocenters. The number of hydrogen-bond acceptors (Lipinski definition) is 6. The van der Waals surface area contributed by atoms with E-state index in [0.717, 1.165) is 17.5 Å². The average molecular weight is 565 g/mol. The number of thiophene rings is 1. The monoisotopic (exact) mass is 564 g/mol. The molecule has 202 valence electrons. The van der Waals surface area contributed by atoms with Crippen LogP contribution in [0.25, 0.3) is 0 Å². The largest absolute Gasteiger partial charge is 0.496 e. The van der Waals surface area contributed by atoms with Crippen LogP contribution in [0.3, 0.4) is 0 Å². The number of methoxy groups -OCH3 is 1. The summed E-state index contributed by atoms with van der Waals surface area (Å²) in [7, 11) is 1.52. The van der Waals surface area contributed by atoms with Gasteiger partial charge in [-0.05, 0) is 78.4 Å². The zero-order valence-corrected chi connectivity index (χ0v) is 23.3. The van der Waals surface area contributed by atoms with Gasteiger partial charge in [-0.2, -0.15) is 0 Å².